The lowest BCUT2D eigenvalue weighted by atomic mass is 9.84. The normalized spacial score (nSPS) is 18.8. The Morgan fingerprint density at radius 1 is 0.926 bits per heavy atom. The molecule has 154 valence electrons. The van der Waals surface area contributed by atoms with Crippen molar-refractivity contribution in [2.45, 2.75) is 66.1 Å². The first kappa shape index (κ1) is 25.2. The molecule has 0 saturated carbocycles. The molecule has 0 aliphatic rings. The molecule has 0 heterocycles. The summed E-state index contributed by atoms with van der Waals surface area (Å²) in [5, 5.41) is 28.2. The largest absolute Gasteiger partial charge is 0.481 e. The summed E-state index contributed by atoms with van der Waals surface area (Å²) < 4.78 is 0. The van der Waals surface area contributed by atoms with E-state index in [4.69, 9.17) is 5.11 Å². The predicted octanol–water partition coefficient (Wildman–Crippen LogP) is 2.78. The molecule has 0 aliphatic heterocycles. The molecule has 0 aromatic heterocycles. The lowest BCUT2D eigenvalue weighted by molar-refractivity contribution is -0.141. The first-order valence-electron chi connectivity index (χ1n) is 9.51. The molecule has 6 nitrogen and oxygen atoms in total. The zero-order chi connectivity index (χ0) is 21.1. The summed E-state index contributed by atoms with van der Waals surface area (Å²) >= 11 is 0. The predicted molar refractivity (Wildman–Crippen MR) is 104 cm³/mol. The summed E-state index contributed by atoms with van der Waals surface area (Å²) in [6.07, 6.45) is 5.53. The number of aliphatic hydroxyl groups excluding tert-OH is 2. The molecular weight excluding hydrogens is 348 g/mol. The maximum atomic E-state index is 12.3. The number of hydrogen-bond acceptors (Lipinski definition) is 5. The van der Waals surface area contributed by atoms with Gasteiger partial charge in [-0.1, -0.05) is 52.8 Å². The molecule has 0 aromatic carbocycles. The van der Waals surface area contributed by atoms with Gasteiger partial charge in [0.1, 0.15) is 5.78 Å². The number of carbonyl (C=O) groups is 3. The average molecular weight is 382 g/mol. The van der Waals surface area contributed by atoms with E-state index in [0.29, 0.717) is 12.8 Å². The van der Waals surface area contributed by atoms with Crippen LogP contribution in [0, 0.1) is 23.7 Å². The van der Waals surface area contributed by atoms with Gasteiger partial charge in [0, 0.05) is 23.7 Å². The number of allylic oxidation sites excluding steroid dienone is 3. The third kappa shape index (κ3) is 9.63. The van der Waals surface area contributed by atoms with Gasteiger partial charge >= 0.3 is 5.97 Å². The fourth-order valence-electron chi connectivity index (χ4n) is 2.81. The van der Waals surface area contributed by atoms with Crippen molar-refractivity contribution in [1.29, 1.82) is 0 Å². The van der Waals surface area contributed by atoms with Crippen LogP contribution in [0.5, 0.6) is 0 Å². The Morgan fingerprint density at radius 2 is 1.52 bits per heavy atom. The second-order valence-electron chi connectivity index (χ2n) is 7.38. The minimum atomic E-state index is -1.23. The maximum Gasteiger partial charge on any atom is 0.305 e. The molecule has 0 saturated heterocycles. The molecule has 0 rings (SSSR count). The molecule has 0 unspecified atom stereocenters. The number of Topliss-reactive ketones (excluding diaryl/α,β-unsaturated/α-hetero) is 1. The Bertz CT molecular complexity index is 551. The Kier molecular flexibility index (Phi) is 11.7. The molecule has 0 fully saturated rings. The summed E-state index contributed by atoms with van der Waals surface area (Å²) in [6.45, 7) is 8.74. The Hall–Kier alpha value is -1.79. The van der Waals surface area contributed by atoms with Crippen LogP contribution in [0.3, 0.4) is 0 Å². The first-order chi connectivity index (χ1) is 12.5. The van der Waals surface area contributed by atoms with Crippen LogP contribution in [0.1, 0.15) is 53.9 Å². The van der Waals surface area contributed by atoms with Crippen LogP contribution in [0.15, 0.2) is 24.3 Å². The van der Waals surface area contributed by atoms with E-state index in [1.807, 2.05) is 19.9 Å². The van der Waals surface area contributed by atoms with E-state index in [1.54, 1.807) is 26.0 Å². The summed E-state index contributed by atoms with van der Waals surface area (Å²) in [5.74, 6) is -3.11. The minimum absolute atomic E-state index is 0.00327. The van der Waals surface area contributed by atoms with Gasteiger partial charge in [-0.2, -0.15) is 0 Å². The van der Waals surface area contributed by atoms with Crippen molar-refractivity contribution in [3.05, 3.63) is 24.3 Å². The highest BCUT2D eigenvalue weighted by Gasteiger charge is 2.29. The highest BCUT2D eigenvalue weighted by molar-refractivity contribution is 5.92. The zero-order valence-electron chi connectivity index (χ0n) is 17.0. The highest BCUT2D eigenvalue weighted by Crippen LogP contribution is 2.20. The van der Waals surface area contributed by atoms with Crippen LogP contribution >= 0.6 is 0 Å². The molecule has 0 spiro atoms. The smallest absolute Gasteiger partial charge is 0.305 e. The van der Waals surface area contributed by atoms with E-state index in [1.165, 1.54) is 13.0 Å². The third-order valence-electron chi connectivity index (χ3n) is 4.90. The van der Waals surface area contributed by atoms with E-state index in [9.17, 15) is 24.6 Å². The summed E-state index contributed by atoms with van der Waals surface area (Å²) in [5.41, 5.74) is 0. The van der Waals surface area contributed by atoms with E-state index in [-0.39, 0.29) is 23.4 Å². The molecule has 0 aromatic rings. The van der Waals surface area contributed by atoms with E-state index in [0.717, 1.165) is 0 Å². The van der Waals surface area contributed by atoms with Crippen LogP contribution in [-0.2, 0) is 14.4 Å². The summed E-state index contributed by atoms with van der Waals surface area (Å²) in [6, 6.07) is 0. The van der Waals surface area contributed by atoms with E-state index >= 15 is 0 Å². The fraction of sp³-hybridized carbons (Fsp3) is 0.667. The Balaban J connectivity index is 4.60. The Labute approximate surface area is 162 Å². The second kappa shape index (κ2) is 12.6. The van der Waals surface area contributed by atoms with Crippen molar-refractivity contribution in [3.8, 4) is 0 Å². The van der Waals surface area contributed by atoms with Crippen LogP contribution in [0.2, 0.25) is 0 Å². The molecule has 0 radical (unpaired) electrons. The quantitative estimate of drug-likeness (QED) is 0.334. The van der Waals surface area contributed by atoms with Gasteiger partial charge in [0.2, 0.25) is 0 Å². The number of rotatable bonds is 13. The van der Waals surface area contributed by atoms with Gasteiger partial charge in [-0.25, -0.2) is 0 Å². The molecular formula is C21H34O6. The number of carboxylic acid groups (broad SMARTS) is 1. The van der Waals surface area contributed by atoms with Crippen LogP contribution < -0.4 is 0 Å². The lowest BCUT2D eigenvalue weighted by Gasteiger charge is -2.21. The maximum absolute atomic E-state index is 12.3. The summed E-state index contributed by atoms with van der Waals surface area (Å²) in [4.78, 5) is 35.2. The molecule has 27 heavy (non-hydrogen) atoms. The van der Waals surface area contributed by atoms with Crippen molar-refractivity contribution in [3.63, 3.8) is 0 Å². The molecule has 0 amide bonds. The van der Waals surface area contributed by atoms with E-state index in [2.05, 4.69) is 0 Å². The minimum Gasteiger partial charge on any atom is -0.481 e. The van der Waals surface area contributed by atoms with Crippen molar-refractivity contribution < 1.29 is 29.7 Å². The number of aliphatic hydroxyl groups is 2. The monoisotopic (exact) mass is 382 g/mol. The van der Waals surface area contributed by atoms with Crippen LogP contribution in [0.25, 0.3) is 0 Å². The number of ketones is 2. The fourth-order valence-corrected chi connectivity index (χ4v) is 2.81. The van der Waals surface area contributed by atoms with Crippen LogP contribution in [-0.4, -0.2) is 45.1 Å². The number of hydrogen-bond donors (Lipinski definition) is 3. The second-order valence-corrected chi connectivity index (χ2v) is 7.38. The van der Waals surface area contributed by atoms with Gasteiger partial charge in [0.05, 0.1) is 18.6 Å². The number of carboxylic acids is 1. The standard InChI is InChI=1S/C21H34O6/c1-6-17(22)13(2)9-7-8-10-18(23)14(3)11-15(4)21(27)16(5)19(24)12-20(25)26/h7-10,13-17,19,22,24H,6,11-12H2,1-5H3,(H,25,26)/b9-7+,10-8+/t13-,14+,15-,16-,17+,19+/m0/s1. The van der Waals surface area contributed by atoms with Gasteiger partial charge in [0.25, 0.3) is 0 Å². The average Bonchev–Trinajstić information content (AvgIpc) is 2.61. The van der Waals surface area contributed by atoms with Gasteiger partial charge in [-0.15, -0.1) is 0 Å². The molecule has 6 atom stereocenters. The zero-order valence-corrected chi connectivity index (χ0v) is 17.0. The van der Waals surface area contributed by atoms with Crippen molar-refractivity contribution in [1.82, 2.24) is 0 Å². The van der Waals surface area contributed by atoms with Gasteiger partial charge in [-0.05, 0) is 18.9 Å². The first-order valence-corrected chi connectivity index (χ1v) is 9.51. The van der Waals surface area contributed by atoms with Gasteiger partial charge in [0.15, 0.2) is 5.78 Å². The molecule has 3 N–H and O–H groups in total. The van der Waals surface area contributed by atoms with E-state index < -0.39 is 36.4 Å². The Morgan fingerprint density at radius 3 is 2.04 bits per heavy atom. The topological polar surface area (TPSA) is 112 Å². The SMILES string of the molecule is CC[C@@H](O)[C@@H](C)/C=C/C=C/C(=O)[C@H](C)C[C@H](C)C(=O)[C@@H](C)[C@H](O)CC(=O)O. The van der Waals surface area contributed by atoms with Gasteiger partial charge in [-0.3, -0.25) is 14.4 Å². The van der Waals surface area contributed by atoms with Gasteiger partial charge < -0.3 is 15.3 Å². The summed E-state index contributed by atoms with van der Waals surface area (Å²) in [7, 11) is 0. The highest BCUT2D eigenvalue weighted by atomic mass is 16.4. The van der Waals surface area contributed by atoms with Crippen LogP contribution in [0.4, 0.5) is 0 Å². The third-order valence-corrected chi connectivity index (χ3v) is 4.90. The van der Waals surface area contributed by atoms with Crippen molar-refractivity contribution >= 4 is 17.5 Å². The number of aliphatic carboxylic acids is 1. The molecule has 6 heteroatoms. The number of carbonyl (C=O) groups excluding carboxylic acids is 2. The van der Waals surface area contributed by atoms with Crippen molar-refractivity contribution in [2.24, 2.45) is 23.7 Å². The van der Waals surface area contributed by atoms with Crippen molar-refractivity contribution in [2.75, 3.05) is 0 Å². The lowest BCUT2D eigenvalue weighted by Crippen LogP contribution is -2.32. The molecule has 0 aliphatic carbocycles. The molecule has 0 bridgehead atoms.